The Morgan fingerprint density at radius 2 is 1.37 bits per heavy atom. The standard InChI is InChI=1S/C23H44O4/c1-6-7-8-11-14-17-23(19(4)5,22(26)27)20(18(2)3)15-12-9-10-13-16-21(24)25/h18-20H,6-17H2,1-5H3,(H,24,25)(H,26,27). The van der Waals surface area contributed by atoms with Gasteiger partial charge in [0.15, 0.2) is 0 Å². The summed E-state index contributed by atoms with van der Waals surface area (Å²) in [7, 11) is 0. The third kappa shape index (κ3) is 9.12. The van der Waals surface area contributed by atoms with Crippen molar-refractivity contribution >= 4 is 11.9 Å². The highest BCUT2D eigenvalue weighted by atomic mass is 16.4. The summed E-state index contributed by atoms with van der Waals surface area (Å²) in [5, 5.41) is 19.0. The largest absolute Gasteiger partial charge is 0.481 e. The van der Waals surface area contributed by atoms with E-state index in [0.717, 1.165) is 44.9 Å². The number of carbonyl (C=O) groups is 2. The van der Waals surface area contributed by atoms with E-state index < -0.39 is 17.4 Å². The van der Waals surface area contributed by atoms with Gasteiger partial charge in [-0.05, 0) is 37.0 Å². The van der Waals surface area contributed by atoms with E-state index in [0.29, 0.717) is 12.3 Å². The summed E-state index contributed by atoms with van der Waals surface area (Å²) in [5.74, 6) is -0.750. The molecular weight excluding hydrogens is 340 g/mol. The van der Waals surface area contributed by atoms with Crippen molar-refractivity contribution < 1.29 is 19.8 Å². The van der Waals surface area contributed by atoms with Crippen molar-refractivity contribution in [2.24, 2.45) is 23.2 Å². The molecule has 0 heterocycles. The van der Waals surface area contributed by atoms with Gasteiger partial charge in [0.25, 0.3) is 0 Å². The Balaban J connectivity index is 4.95. The number of carboxylic acids is 2. The first kappa shape index (κ1) is 25.9. The van der Waals surface area contributed by atoms with Crippen LogP contribution in [0, 0.1) is 23.2 Å². The van der Waals surface area contributed by atoms with Crippen LogP contribution in [-0.2, 0) is 9.59 Å². The van der Waals surface area contributed by atoms with Crippen LogP contribution in [0.25, 0.3) is 0 Å². The molecule has 0 saturated carbocycles. The Kier molecular flexibility index (Phi) is 13.5. The van der Waals surface area contributed by atoms with Crippen LogP contribution in [0.5, 0.6) is 0 Å². The number of hydrogen-bond acceptors (Lipinski definition) is 2. The van der Waals surface area contributed by atoms with Crippen molar-refractivity contribution in [2.75, 3.05) is 0 Å². The molecule has 2 atom stereocenters. The second-order valence-electron chi connectivity index (χ2n) is 8.86. The van der Waals surface area contributed by atoms with Crippen molar-refractivity contribution in [1.29, 1.82) is 0 Å². The lowest BCUT2D eigenvalue weighted by Gasteiger charge is -2.43. The van der Waals surface area contributed by atoms with E-state index in [-0.39, 0.29) is 18.3 Å². The summed E-state index contributed by atoms with van der Waals surface area (Å²) in [5.41, 5.74) is -0.651. The second kappa shape index (κ2) is 14.0. The monoisotopic (exact) mass is 384 g/mol. The Bertz CT molecular complexity index is 417. The number of carboxylic acid groups (broad SMARTS) is 2. The topological polar surface area (TPSA) is 74.6 Å². The number of aliphatic carboxylic acids is 2. The van der Waals surface area contributed by atoms with Crippen LogP contribution >= 0.6 is 0 Å². The molecule has 2 N–H and O–H groups in total. The average molecular weight is 385 g/mol. The fourth-order valence-electron chi connectivity index (χ4n) is 4.62. The zero-order valence-corrected chi connectivity index (χ0v) is 18.4. The van der Waals surface area contributed by atoms with Gasteiger partial charge in [-0.2, -0.15) is 0 Å². The molecule has 4 heteroatoms. The van der Waals surface area contributed by atoms with Crippen LogP contribution in [-0.4, -0.2) is 22.2 Å². The normalized spacial score (nSPS) is 15.1. The third-order valence-corrected chi connectivity index (χ3v) is 6.24. The minimum atomic E-state index is -0.733. The van der Waals surface area contributed by atoms with E-state index in [4.69, 9.17) is 5.11 Å². The van der Waals surface area contributed by atoms with Gasteiger partial charge in [0.05, 0.1) is 5.41 Å². The van der Waals surface area contributed by atoms with Gasteiger partial charge in [-0.3, -0.25) is 9.59 Å². The molecule has 0 amide bonds. The van der Waals surface area contributed by atoms with E-state index in [9.17, 15) is 14.7 Å². The van der Waals surface area contributed by atoms with Crippen LogP contribution in [0.3, 0.4) is 0 Å². The summed E-state index contributed by atoms with van der Waals surface area (Å²) in [6, 6.07) is 0. The van der Waals surface area contributed by atoms with Crippen LogP contribution in [0.4, 0.5) is 0 Å². The van der Waals surface area contributed by atoms with E-state index in [2.05, 4.69) is 34.6 Å². The molecule has 0 spiro atoms. The summed E-state index contributed by atoms with van der Waals surface area (Å²) in [6.07, 6.45) is 11.3. The number of hydrogen-bond donors (Lipinski definition) is 2. The van der Waals surface area contributed by atoms with Crippen LogP contribution < -0.4 is 0 Å². The highest BCUT2D eigenvalue weighted by Crippen LogP contribution is 2.47. The zero-order valence-electron chi connectivity index (χ0n) is 18.4. The third-order valence-electron chi connectivity index (χ3n) is 6.24. The van der Waals surface area contributed by atoms with Crippen molar-refractivity contribution in [3.05, 3.63) is 0 Å². The lowest BCUT2D eigenvalue weighted by Crippen LogP contribution is -2.45. The predicted octanol–water partition coefficient (Wildman–Crippen LogP) is 6.77. The van der Waals surface area contributed by atoms with E-state index in [1.165, 1.54) is 19.3 Å². The molecule has 0 aromatic heterocycles. The van der Waals surface area contributed by atoms with Gasteiger partial charge in [0, 0.05) is 6.42 Å². The quantitative estimate of drug-likeness (QED) is 0.271. The molecule has 0 saturated heterocycles. The molecule has 0 bridgehead atoms. The molecule has 27 heavy (non-hydrogen) atoms. The van der Waals surface area contributed by atoms with Crippen molar-refractivity contribution in [2.45, 2.75) is 112 Å². The molecule has 0 aliphatic heterocycles. The summed E-state index contributed by atoms with van der Waals surface area (Å²) < 4.78 is 0. The van der Waals surface area contributed by atoms with E-state index in [1.54, 1.807) is 0 Å². The summed E-state index contributed by atoms with van der Waals surface area (Å²) in [6.45, 7) is 10.7. The van der Waals surface area contributed by atoms with Gasteiger partial charge >= 0.3 is 11.9 Å². The molecule has 4 nitrogen and oxygen atoms in total. The Morgan fingerprint density at radius 1 is 0.815 bits per heavy atom. The zero-order chi connectivity index (χ0) is 20.9. The maximum atomic E-state index is 12.5. The van der Waals surface area contributed by atoms with Gasteiger partial charge in [-0.15, -0.1) is 0 Å². The van der Waals surface area contributed by atoms with Gasteiger partial charge in [0.2, 0.25) is 0 Å². The first-order chi connectivity index (χ1) is 12.7. The van der Waals surface area contributed by atoms with Gasteiger partial charge in [-0.1, -0.05) is 86.0 Å². The fourth-order valence-corrected chi connectivity index (χ4v) is 4.62. The van der Waals surface area contributed by atoms with Crippen molar-refractivity contribution in [3.63, 3.8) is 0 Å². The molecular formula is C23H44O4. The highest BCUT2D eigenvalue weighted by molar-refractivity contribution is 5.75. The molecule has 0 aromatic rings. The van der Waals surface area contributed by atoms with Gasteiger partial charge in [-0.25, -0.2) is 0 Å². The molecule has 0 rings (SSSR count). The Hall–Kier alpha value is -1.06. The molecule has 2 unspecified atom stereocenters. The molecule has 0 aromatic carbocycles. The van der Waals surface area contributed by atoms with Gasteiger partial charge in [0.1, 0.15) is 0 Å². The number of unbranched alkanes of at least 4 members (excludes halogenated alkanes) is 7. The summed E-state index contributed by atoms with van der Waals surface area (Å²) >= 11 is 0. The average Bonchev–Trinajstić information content (AvgIpc) is 2.57. The van der Waals surface area contributed by atoms with E-state index >= 15 is 0 Å². The SMILES string of the molecule is CCCCCCCC(C(=O)O)(C(C)C)C(CCCCCCC(=O)O)C(C)C. The minimum absolute atomic E-state index is 0.112. The fraction of sp³-hybridized carbons (Fsp3) is 0.913. The summed E-state index contributed by atoms with van der Waals surface area (Å²) in [4.78, 5) is 23.1. The molecule has 0 fully saturated rings. The highest BCUT2D eigenvalue weighted by Gasteiger charge is 2.48. The maximum Gasteiger partial charge on any atom is 0.310 e. The predicted molar refractivity (Wildman–Crippen MR) is 112 cm³/mol. The Morgan fingerprint density at radius 3 is 1.85 bits per heavy atom. The van der Waals surface area contributed by atoms with E-state index in [1.807, 2.05) is 0 Å². The lowest BCUT2D eigenvalue weighted by atomic mass is 9.60. The molecule has 0 radical (unpaired) electrons. The van der Waals surface area contributed by atoms with Gasteiger partial charge < -0.3 is 10.2 Å². The molecule has 160 valence electrons. The second-order valence-corrected chi connectivity index (χ2v) is 8.86. The maximum absolute atomic E-state index is 12.5. The molecule has 0 aliphatic carbocycles. The van der Waals surface area contributed by atoms with Crippen LogP contribution in [0.1, 0.15) is 112 Å². The Labute approximate surface area is 167 Å². The van der Waals surface area contributed by atoms with Crippen LogP contribution in [0.15, 0.2) is 0 Å². The van der Waals surface area contributed by atoms with Crippen LogP contribution in [0.2, 0.25) is 0 Å². The first-order valence-corrected chi connectivity index (χ1v) is 11.1. The minimum Gasteiger partial charge on any atom is -0.481 e. The molecule has 0 aliphatic rings. The van der Waals surface area contributed by atoms with Crippen molar-refractivity contribution in [1.82, 2.24) is 0 Å². The first-order valence-electron chi connectivity index (χ1n) is 11.1. The van der Waals surface area contributed by atoms with Crippen molar-refractivity contribution in [3.8, 4) is 0 Å². The lowest BCUT2D eigenvalue weighted by molar-refractivity contribution is -0.160. The number of rotatable bonds is 17. The smallest absolute Gasteiger partial charge is 0.310 e.